The van der Waals surface area contributed by atoms with E-state index >= 15 is 0 Å². The van der Waals surface area contributed by atoms with Crippen LogP contribution in [0.3, 0.4) is 0 Å². The summed E-state index contributed by atoms with van der Waals surface area (Å²) < 4.78 is 6.71. The summed E-state index contributed by atoms with van der Waals surface area (Å²) >= 11 is 4.90. The average Bonchev–Trinajstić information content (AvgIpc) is 2.60. The summed E-state index contributed by atoms with van der Waals surface area (Å²) in [5, 5.41) is 0.561. The quantitative estimate of drug-likeness (QED) is 0.363. The third-order valence-electron chi connectivity index (χ3n) is 3.73. The van der Waals surface area contributed by atoms with Gasteiger partial charge in [-0.25, -0.2) is 4.99 Å². The molecule has 128 valence electrons. The minimum atomic E-state index is 0.561. The van der Waals surface area contributed by atoms with E-state index in [9.17, 15) is 0 Å². The van der Waals surface area contributed by atoms with Crippen molar-refractivity contribution in [3.8, 4) is 5.75 Å². The van der Waals surface area contributed by atoms with E-state index in [1.165, 1.54) is 17.3 Å². The van der Waals surface area contributed by atoms with E-state index in [0.717, 1.165) is 28.1 Å². The Morgan fingerprint density at radius 3 is 2.46 bits per heavy atom. The Balaban J connectivity index is 1.78. The molecule has 1 atom stereocenters. The average molecular weight is 407 g/mol. The van der Waals surface area contributed by atoms with Gasteiger partial charge in [-0.2, -0.15) is 0 Å². The number of nitrogens with two attached hydrogens (primary N) is 1. The minimum Gasteiger partial charge on any atom is -0.493 e. The Labute approximate surface area is 156 Å². The second kappa shape index (κ2) is 9.74. The molecule has 2 rings (SSSR count). The van der Waals surface area contributed by atoms with E-state index in [2.05, 4.69) is 46.9 Å². The number of thioether (sulfide) groups is 1. The molecule has 0 bridgehead atoms. The number of hydrogen-bond acceptors (Lipinski definition) is 3. The zero-order valence-corrected chi connectivity index (χ0v) is 16.4. The number of benzene rings is 2. The first-order valence-corrected chi connectivity index (χ1v) is 9.81. The molecule has 0 aliphatic heterocycles. The molecule has 2 aromatic carbocycles. The lowest BCUT2D eigenvalue weighted by Gasteiger charge is -2.09. The Morgan fingerprint density at radius 1 is 1.17 bits per heavy atom. The molecule has 3 nitrogen and oxygen atoms in total. The summed E-state index contributed by atoms with van der Waals surface area (Å²) in [6.45, 7) is 5.02. The zero-order valence-electron chi connectivity index (χ0n) is 14.0. The maximum Gasteiger partial charge on any atom is 0.159 e. The van der Waals surface area contributed by atoms with Crippen LogP contribution < -0.4 is 10.5 Å². The fourth-order valence-electron chi connectivity index (χ4n) is 2.11. The van der Waals surface area contributed by atoms with Crippen LogP contribution in [-0.2, 0) is 0 Å². The lowest BCUT2D eigenvalue weighted by molar-refractivity contribution is 0.344. The fraction of sp³-hybridized carbons (Fsp3) is 0.316. The fourth-order valence-corrected chi connectivity index (χ4v) is 2.92. The Kier molecular flexibility index (Phi) is 7.66. The van der Waals surface area contributed by atoms with Gasteiger partial charge in [-0.3, -0.25) is 0 Å². The molecule has 2 aromatic rings. The minimum absolute atomic E-state index is 0.561. The predicted molar refractivity (Wildman–Crippen MR) is 109 cm³/mol. The number of nitrogens with zero attached hydrogens (tertiary/aromatic N) is 1. The van der Waals surface area contributed by atoms with Gasteiger partial charge in [0.25, 0.3) is 0 Å². The van der Waals surface area contributed by atoms with Gasteiger partial charge in [0.15, 0.2) is 5.17 Å². The number of halogens is 1. The lowest BCUT2D eigenvalue weighted by atomic mass is 9.99. The predicted octanol–water partition coefficient (Wildman–Crippen LogP) is 5.72. The Bertz CT molecular complexity index is 656. The Hall–Kier alpha value is -1.46. The van der Waals surface area contributed by atoms with Crippen molar-refractivity contribution in [2.45, 2.75) is 26.2 Å². The van der Waals surface area contributed by atoms with Crippen LogP contribution in [0.4, 0.5) is 5.69 Å². The van der Waals surface area contributed by atoms with Crippen molar-refractivity contribution in [3.05, 3.63) is 58.6 Å². The zero-order chi connectivity index (χ0) is 17.4. The maximum absolute atomic E-state index is 5.98. The number of ether oxygens (including phenoxy) is 1. The molecule has 2 N–H and O–H groups in total. The monoisotopic (exact) mass is 406 g/mol. The highest BCUT2D eigenvalue weighted by Crippen LogP contribution is 2.22. The van der Waals surface area contributed by atoms with Crippen LogP contribution >= 0.6 is 27.7 Å². The van der Waals surface area contributed by atoms with Gasteiger partial charge in [-0.15, -0.1) is 0 Å². The van der Waals surface area contributed by atoms with E-state index in [1.54, 1.807) is 0 Å². The summed E-state index contributed by atoms with van der Waals surface area (Å²) in [6.07, 6.45) is 1.14. The van der Waals surface area contributed by atoms with Crippen LogP contribution in [-0.4, -0.2) is 17.5 Å². The van der Waals surface area contributed by atoms with E-state index < -0.39 is 0 Å². The van der Waals surface area contributed by atoms with Crippen molar-refractivity contribution in [3.63, 3.8) is 0 Å². The van der Waals surface area contributed by atoms with E-state index in [1.807, 2.05) is 36.4 Å². The Morgan fingerprint density at radius 2 is 1.83 bits per heavy atom. The highest BCUT2D eigenvalue weighted by atomic mass is 79.9. The van der Waals surface area contributed by atoms with Crippen molar-refractivity contribution in [1.29, 1.82) is 0 Å². The van der Waals surface area contributed by atoms with Crippen LogP contribution in [0.5, 0.6) is 5.75 Å². The summed E-state index contributed by atoms with van der Waals surface area (Å²) in [4.78, 5) is 4.44. The van der Waals surface area contributed by atoms with E-state index in [-0.39, 0.29) is 0 Å². The molecule has 0 heterocycles. The molecule has 0 aliphatic rings. The van der Waals surface area contributed by atoms with Crippen LogP contribution in [0, 0.1) is 0 Å². The van der Waals surface area contributed by atoms with Gasteiger partial charge < -0.3 is 10.5 Å². The van der Waals surface area contributed by atoms with E-state index in [4.69, 9.17) is 10.5 Å². The number of amidine groups is 1. The van der Waals surface area contributed by atoms with Crippen molar-refractivity contribution in [2.75, 3.05) is 12.4 Å². The topological polar surface area (TPSA) is 47.6 Å². The van der Waals surface area contributed by atoms with Crippen LogP contribution in [0.1, 0.15) is 31.7 Å². The number of rotatable bonds is 7. The van der Waals surface area contributed by atoms with Gasteiger partial charge in [0.05, 0.1) is 12.3 Å². The molecule has 24 heavy (non-hydrogen) atoms. The smallest absolute Gasteiger partial charge is 0.159 e. The van der Waals surface area contributed by atoms with Crippen LogP contribution in [0.2, 0.25) is 0 Å². The van der Waals surface area contributed by atoms with E-state index in [0.29, 0.717) is 17.7 Å². The summed E-state index contributed by atoms with van der Waals surface area (Å²) in [5.41, 5.74) is 8.21. The van der Waals surface area contributed by atoms with Gasteiger partial charge >= 0.3 is 0 Å². The van der Waals surface area contributed by atoms with Crippen molar-refractivity contribution in [1.82, 2.24) is 0 Å². The standard InChI is InChI=1S/C19H23BrN2OS/c1-3-14(2)15-4-8-17(9-5-15)22-19(21)24-13-12-23-18-10-6-16(20)7-11-18/h4-11,14H,3,12-13H2,1-2H3,(H2,21,22)/t14-/m0/s1. The molecule has 0 unspecified atom stereocenters. The summed E-state index contributed by atoms with van der Waals surface area (Å²) in [6, 6.07) is 16.1. The van der Waals surface area contributed by atoms with Gasteiger partial charge in [-0.05, 0) is 54.3 Å². The first kappa shape index (κ1) is 18.9. The van der Waals surface area contributed by atoms with Gasteiger partial charge in [0.1, 0.15) is 5.75 Å². The molecular weight excluding hydrogens is 384 g/mol. The third kappa shape index (κ3) is 6.21. The first-order valence-electron chi connectivity index (χ1n) is 8.03. The van der Waals surface area contributed by atoms with Gasteiger partial charge in [0.2, 0.25) is 0 Å². The molecule has 0 radical (unpaired) electrons. The molecule has 5 heteroatoms. The highest BCUT2D eigenvalue weighted by Gasteiger charge is 2.02. The lowest BCUT2D eigenvalue weighted by Crippen LogP contribution is -2.10. The normalized spacial score (nSPS) is 12.9. The molecule has 0 spiro atoms. The maximum atomic E-state index is 5.98. The van der Waals surface area contributed by atoms with Crippen molar-refractivity contribution in [2.24, 2.45) is 10.7 Å². The molecule has 0 aliphatic carbocycles. The molecule has 0 aromatic heterocycles. The third-order valence-corrected chi connectivity index (χ3v) is 5.02. The second-order valence-corrected chi connectivity index (χ2v) is 7.53. The molecule has 0 amide bonds. The molecule has 0 saturated heterocycles. The molecule has 0 fully saturated rings. The van der Waals surface area contributed by atoms with Crippen LogP contribution in [0.25, 0.3) is 0 Å². The summed E-state index contributed by atoms with van der Waals surface area (Å²) in [7, 11) is 0. The largest absolute Gasteiger partial charge is 0.493 e. The summed E-state index contributed by atoms with van der Waals surface area (Å²) in [5.74, 6) is 2.19. The molecule has 0 saturated carbocycles. The SMILES string of the molecule is CC[C@H](C)c1ccc(N=C(N)SCCOc2ccc(Br)cc2)cc1. The highest BCUT2D eigenvalue weighted by molar-refractivity contribution is 9.10. The van der Waals surface area contributed by atoms with Gasteiger partial charge in [-0.1, -0.05) is 53.7 Å². The second-order valence-electron chi connectivity index (χ2n) is 5.50. The first-order chi connectivity index (χ1) is 11.6. The number of hydrogen-bond donors (Lipinski definition) is 1. The number of aliphatic imine (C=N–C) groups is 1. The van der Waals surface area contributed by atoms with Crippen molar-refractivity contribution < 1.29 is 4.74 Å². The van der Waals surface area contributed by atoms with Crippen LogP contribution in [0.15, 0.2) is 58.0 Å². The molecular formula is C19H23BrN2OS. The van der Waals surface area contributed by atoms with Crippen molar-refractivity contribution >= 4 is 38.5 Å². The van der Waals surface area contributed by atoms with Gasteiger partial charge in [0, 0.05) is 10.2 Å².